The molecule has 22 heavy (non-hydrogen) atoms. The third-order valence-electron chi connectivity index (χ3n) is 2.32. The van der Waals surface area contributed by atoms with Crippen LogP contribution in [0.25, 0.3) is 0 Å². The third kappa shape index (κ3) is 11.8. The summed E-state index contributed by atoms with van der Waals surface area (Å²) in [6, 6.07) is 0. The van der Waals surface area contributed by atoms with Gasteiger partial charge in [-0.1, -0.05) is 24.3 Å². The van der Waals surface area contributed by atoms with Gasteiger partial charge in [-0.2, -0.15) is 13.2 Å². The molecule has 2 aliphatic rings. The molecule has 0 heterocycles. The van der Waals surface area contributed by atoms with Crippen LogP contribution < -0.4 is 0 Å². The van der Waals surface area contributed by atoms with Crippen LogP contribution in [0.4, 0.5) is 13.2 Å². The summed E-state index contributed by atoms with van der Waals surface area (Å²) in [6.07, 6.45) is 21.0. The van der Waals surface area contributed by atoms with Gasteiger partial charge in [0.15, 0.2) is 10.1 Å². The first-order valence-corrected chi connectivity index (χ1v) is 8.35. The van der Waals surface area contributed by atoms with E-state index in [1.807, 2.05) is 12.2 Å². The van der Waals surface area contributed by atoms with Gasteiger partial charge in [-0.25, -0.2) is 8.42 Å². The molecule has 0 aromatic heterocycles. The average Bonchev–Trinajstić information content (AvgIpc) is 2.78. The predicted octanol–water partition coefficient (Wildman–Crippen LogP) is 4.10. The second-order valence-electron chi connectivity index (χ2n) is 4.20. The molecule has 3 nitrogen and oxygen atoms in total. The molecule has 0 spiro atoms. The molecule has 0 aromatic rings. The van der Waals surface area contributed by atoms with Crippen molar-refractivity contribution in [3.63, 3.8) is 0 Å². The molecule has 0 fully saturated rings. The summed E-state index contributed by atoms with van der Waals surface area (Å²) in [7, 11) is -6.09. The van der Waals surface area contributed by atoms with E-state index in [4.69, 9.17) is 13.0 Å². The number of hydrogen-bond donors (Lipinski definition) is 0. The summed E-state index contributed by atoms with van der Waals surface area (Å²) in [4.78, 5) is 0. The molecular weight excluding hydrogens is 364 g/mol. The fourth-order valence-electron chi connectivity index (χ4n) is 1.26. The second-order valence-corrected chi connectivity index (χ2v) is 6.21. The fraction of sp³-hybridized carbons (Fsp3) is 0.429. The molecule has 2 rings (SSSR count). The molecule has 0 radical (unpaired) electrons. The predicted molar refractivity (Wildman–Crippen MR) is 74.3 cm³/mol. The molecule has 8 heteroatoms. The fourth-order valence-corrected chi connectivity index (χ4v) is 1.48. The summed E-state index contributed by atoms with van der Waals surface area (Å²) in [5.41, 5.74) is -5.65. The Morgan fingerprint density at radius 2 is 1.32 bits per heavy atom. The van der Waals surface area contributed by atoms with Crippen molar-refractivity contribution in [1.82, 2.24) is 0 Å². The van der Waals surface area contributed by atoms with Gasteiger partial charge in [-0.05, 0) is 25.7 Å². The van der Waals surface area contributed by atoms with Crippen molar-refractivity contribution in [2.45, 2.75) is 37.6 Å². The van der Waals surface area contributed by atoms with Crippen LogP contribution >= 0.6 is 0 Å². The number of rotatable bonds is 0. The van der Waals surface area contributed by atoms with Gasteiger partial charge in [0.05, 0.1) is 0 Å². The number of alkyl halides is 3. The molecule has 0 saturated carbocycles. The maximum absolute atomic E-state index is 10.7. The normalized spacial score (nSPS) is 20.4. The Balaban J connectivity index is 0.000000304. The molecule has 0 saturated heterocycles. The molecule has 0 N–H and O–H groups in total. The van der Waals surface area contributed by atoms with Crippen LogP contribution in [0.15, 0.2) is 47.1 Å². The van der Waals surface area contributed by atoms with E-state index in [1.54, 1.807) is 0 Å². The van der Waals surface area contributed by atoms with Gasteiger partial charge in [0, 0.05) is 0 Å². The molecule has 2 aliphatic carbocycles. The molecule has 128 valence electrons. The van der Waals surface area contributed by atoms with Crippen LogP contribution in [0.2, 0.25) is 0 Å². The van der Waals surface area contributed by atoms with Crippen molar-refractivity contribution in [1.29, 1.82) is 0 Å². The summed E-state index contributed by atoms with van der Waals surface area (Å²) >= 11 is 4.53. The average molecular weight is 381 g/mol. The zero-order valence-corrected chi connectivity index (χ0v) is 13.5. The van der Waals surface area contributed by atoms with Crippen molar-refractivity contribution < 1.29 is 41.6 Å². The van der Waals surface area contributed by atoms with Crippen molar-refractivity contribution in [3.05, 3.63) is 47.1 Å². The topological polar surface area (TPSA) is 57.2 Å². The van der Waals surface area contributed by atoms with E-state index >= 15 is 0 Å². The monoisotopic (exact) mass is 380 g/mol. The Morgan fingerprint density at radius 3 is 1.45 bits per heavy atom. The van der Waals surface area contributed by atoms with Crippen LogP contribution in [-0.4, -0.2) is 18.5 Å². The first kappa shape index (κ1) is 21.2. The van der Waals surface area contributed by atoms with E-state index in [0.717, 1.165) is 11.0 Å². The van der Waals surface area contributed by atoms with Crippen LogP contribution in [0, 0.1) is 0 Å². The number of hydrogen-bond acceptors (Lipinski definition) is 3. The molecule has 0 bridgehead atoms. The Bertz CT molecular complexity index is 506. The number of allylic oxidation sites excluding steroid dienone is 8. The van der Waals surface area contributed by atoms with Crippen LogP contribution in [0.3, 0.4) is 0 Å². The van der Waals surface area contributed by atoms with Gasteiger partial charge in [0.25, 0.3) is 0 Å². The summed E-state index contributed by atoms with van der Waals surface area (Å²) in [6.45, 7) is 0. The quantitative estimate of drug-likeness (QED) is 0.275. The molecular formula is C14H17F3NiO3S. The van der Waals surface area contributed by atoms with Crippen molar-refractivity contribution >= 4 is 10.1 Å². The van der Waals surface area contributed by atoms with Crippen LogP contribution in [-0.2, 0) is 25.6 Å². The standard InChI is InChI=1S/C8H12.C5H5.CHF3O3S.Ni/c1-2-4-6-8-7-5-3-1;1-2-4-5-3-1;2-1(3,4)8(5,6)7;/h1-2,7-8H,3-6H2;1-3H,4H2;(H,5,6,7);/q;;;+1/p-1/b2-1-,8-7-;;;. The van der Waals surface area contributed by atoms with Gasteiger partial charge in [-0.15, -0.1) is 0 Å². The maximum atomic E-state index is 10.7. The summed E-state index contributed by atoms with van der Waals surface area (Å²) in [5.74, 6) is 0. The minimum absolute atomic E-state index is 1.00. The van der Waals surface area contributed by atoms with Gasteiger partial charge in [-0.3, -0.25) is 0 Å². The zero-order chi connectivity index (χ0) is 17.1. The molecule has 0 atom stereocenters. The molecule has 0 aliphatic heterocycles. The first-order valence-electron chi connectivity index (χ1n) is 6.45. The van der Waals surface area contributed by atoms with Gasteiger partial charge in [0.1, 0.15) is 0 Å². The van der Waals surface area contributed by atoms with Gasteiger partial charge in [0.2, 0.25) is 0 Å². The summed E-state index contributed by atoms with van der Waals surface area (Å²) in [5, 5.41) is 0. The van der Waals surface area contributed by atoms with Crippen molar-refractivity contribution in [2.24, 2.45) is 0 Å². The zero-order valence-electron chi connectivity index (χ0n) is 11.7. The van der Waals surface area contributed by atoms with E-state index in [-0.39, 0.29) is 0 Å². The molecule has 0 unspecified atom stereocenters. The molecule has 0 amide bonds. The van der Waals surface area contributed by atoms with E-state index < -0.39 is 15.6 Å². The SMILES string of the molecule is C1=C\CC/C=C\CC/1.O=S(=O)([O-])C(F)(F)F.[Ni+][C]1=CC=CC1. The third-order valence-corrected chi connectivity index (χ3v) is 3.25. The summed E-state index contributed by atoms with van der Waals surface area (Å²) < 4.78 is 60.0. The van der Waals surface area contributed by atoms with E-state index in [2.05, 4.69) is 45.8 Å². The second kappa shape index (κ2) is 10.8. The molecule has 0 aromatic carbocycles. The Kier molecular flexibility index (Phi) is 10.4. The van der Waals surface area contributed by atoms with E-state index in [0.29, 0.717) is 0 Å². The van der Waals surface area contributed by atoms with Crippen LogP contribution in [0.1, 0.15) is 32.1 Å². The van der Waals surface area contributed by atoms with Crippen molar-refractivity contribution in [2.75, 3.05) is 0 Å². The van der Waals surface area contributed by atoms with Crippen molar-refractivity contribution in [3.8, 4) is 0 Å². The Morgan fingerprint density at radius 1 is 0.955 bits per heavy atom. The first-order chi connectivity index (χ1) is 10.1. The number of halogens is 3. The van der Waals surface area contributed by atoms with E-state index in [9.17, 15) is 13.2 Å². The van der Waals surface area contributed by atoms with Gasteiger partial charge >= 0.3 is 50.2 Å². The van der Waals surface area contributed by atoms with Gasteiger partial charge < -0.3 is 4.55 Å². The van der Waals surface area contributed by atoms with E-state index in [1.165, 1.54) is 25.7 Å². The Hall–Kier alpha value is -0.846. The Labute approximate surface area is 136 Å². The minimum atomic E-state index is -6.09. The van der Waals surface area contributed by atoms with Crippen LogP contribution in [0.5, 0.6) is 0 Å².